The van der Waals surface area contributed by atoms with Gasteiger partial charge in [0, 0.05) is 24.6 Å². The van der Waals surface area contributed by atoms with Crippen molar-refractivity contribution in [2.75, 3.05) is 0 Å². The Morgan fingerprint density at radius 2 is 2.00 bits per heavy atom. The molecule has 0 aromatic carbocycles. The average Bonchev–Trinajstić information content (AvgIpc) is 2.24. The fourth-order valence-corrected chi connectivity index (χ4v) is 2.31. The molecule has 102 valence electrons. The molecule has 0 aliphatic heterocycles. The average molecular weight is 251 g/mol. The van der Waals surface area contributed by atoms with Gasteiger partial charge in [0.05, 0.1) is 5.57 Å². The highest BCUT2D eigenvalue weighted by atomic mass is 16.3. The van der Waals surface area contributed by atoms with Crippen LogP contribution in [0.5, 0.6) is 0 Å². The van der Waals surface area contributed by atoms with Gasteiger partial charge in [0.15, 0.2) is 5.78 Å². The van der Waals surface area contributed by atoms with Gasteiger partial charge < -0.3 is 5.11 Å². The molecule has 0 saturated heterocycles. The Labute approximate surface area is 110 Å². The van der Waals surface area contributed by atoms with Crippen LogP contribution in [0.1, 0.15) is 60.3 Å². The normalized spacial score (nSPS) is 22.3. The van der Waals surface area contributed by atoms with Gasteiger partial charge in [-0.25, -0.2) is 0 Å². The number of allylic oxidation sites excluding steroid dienone is 2. The molecular formula is C15H25NO2. The summed E-state index contributed by atoms with van der Waals surface area (Å²) in [5.41, 5.74) is 1.11. The quantitative estimate of drug-likeness (QED) is 0.772. The van der Waals surface area contributed by atoms with Crippen molar-refractivity contribution in [3.8, 4) is 0 Å². The first-order valence-electron chi connectivity index (χ1n) is 6.83. The lowest BCUT2D eigenvalue weighted by molar-refractivity contribution is -0.117. The Hall–Kier alpha value is -1.12. The van der Waals surface area contributed by atoms with Gasteiger partial charge in [-0.1, -0.05) is 27.7 Å². The van der Waals surface area contributed by atoms with Crippen LogP contribution in [-0.2, 0) is 4.79 Å². The Balaban J connectivity index is 3.13. The van der Waals surface area contributed by atoms with Gasteiger partial charge in [-0.3, -0.25) is 9.79 Å². The standard InChI is InChI=1S/C15H25NO2/c1-6-10(3)16-11(7-2)14-12(17)8-15(4,5)9-13(14)18/h10,17H,6-9H2,1-5H3/t10-/m1/s1. The second-order valence-corrected chi connectivity index (χ2v) is 5.95. The van der Waals surface area contributed by atoms with E-state index in [0.29, 0.717) is 24.8 Å². The van der Waals surface area contributed by atoms with E-state index in [1.54, 1.807) is 0 Å². The third-order valence-electron chi connectivity index (χ3n) is 3.44. The SMILES string of the molecule is CCC(=N[C@H](C)CC)C1=C(O)CC(C)(C)CC1=O. The zero-order chi connectivity index (χ0) is 13.9. The molecule has 1 atom stereocenters. The maximum absolute atomic E-state index is 12.2. The van der Waals surface area contributed by atoms with Crippen LogP contribution >= 0.6 is 0 Å². The summed E-state index contributed by atoms with van der Waals surface area (Å²) in [6.07, 6.45) is 2.69. The second-order valence-electron chi connectivity index (χ2n) is 5.95. The minimum atomic E-state index is -0.139. The molecule has 0 spiro atoms. The minimum Gasteiger partial charge on any atom is -0.511 e. The van der Waals surface area contributed by atoms with Crippen molar-refractivity contribution in [2.45, 2.75) is 66.3 Å². The molecule has 0 fully saturated rings. The lowest BCUT2D eigenvalue weighted by Gasteiger charge is -2.30. The van der Waals surface area contributed by atoms with Crippen LogP contribution in [0.2, 0.25) is 0 Å². The third-order valence-corrected chi connectivity index (χ3v) is 3.44. The number of aliphatic imine (C=N–C) groups is 1. The maximum Gasteiger partial charge on any atom is 0.168 e. The largest absolute Gasteiger partial charge is 0.511 e. The minimum absolute atomic E-state index is 0.0349. The van der Waals surface area contributed by atoms with Crippen LogP contribution in [0.25, 0.3) is 0 Å². The van der Waals surface area contributed by atoms with Crippen molar-refractivity contribution in [3.05, 3.63) is 11.3 Å². The summed E-state index contributed by atoms with van der Waals surface area (Å²) < 4.78 is 0. The van der Waals surface area contributed by atoms with Crippen LogP contribution in [0, 0.1) is 5.41 Å². The highest BCUT2D eigenvalue weighted by Crippen LogP contribution is 2.36. The van der Waals surface area contributed by atoms with Gasteiger partial charge >= 0.3 is 0 Å². The lowest BCUT2D eigenvalue weighted by atomic mass is 9.75. The van der Waals surface area contributed by atoms with E-state index in [9.17, 15) is 9.90 Å². The van der Waals surface area contributed by atoms with Crippen molar-refractivity contribution in [3.63, 3.8) is 0 Å². The summed E-state index contributed by atoms with van der Waals surface area (Å²) in [6.45, 7) is 10.1. The van der Waals surface area contributed by atoms with Crippen molar-refractivity contribution < 1.29 is 9.90 Å². The Kier molecular flexibility index (Phi) is 4.71. The van der Waals surface area contributed by atoms with Crippen LogP contribution in [0.3, 0.4) is 0 Å². The Morgan fingerprint density at radius 1 is 1.39 bits per heavy atom. The maximum atomic E-state index is 12.2. The molecule has 0 amide bonds. The smallest absolute Gasteiger partial charge is 0.168 e. The van der Waals surface area contributed by atoms with Crippen molar-refractivity contribution in [2.24, 2.45) is 10.4 Å². The van der Waals surface area contributed by atoms with E-state index in [4.69, 9.17) is 0 Å². The number of carbonyl (C=O) groups excluding carboxylic acids is 1. The summed E-state index contributed by atoms with van der Waals surface area (Å²) in [5, 5.41) is 10.1. The highest BCUT2D eigenvalue weighted by molar-refractivity contribution is 6.23. The summed E-state index contributed by atoms with van der Waals surface area (Å²) >= 11 is 0. The van der Waals surface area contributed by atoms with E-state index in [1.807, 2.05) is 27.7 Å². The van der Waals surface area contributed by atoms with Crippen LogP contribution < -0.4 is 0 Å². The van der Waals surface area contributed by atoms with E-state index >= 15 is 0 Å². The molecule has 0 heterocycles. The molecule has 0 aromatic heterocycles. The van der Waals surface area contributed by atoms with Crippen molar-refractivity contribution in [1.82, 2.24) is 0 Å². The van der Waals surface area contributed by atoms with E-state index in [2.05, 4.69) is 11.9 Å². The first-order valence-corrected chi connectivity index (χ1v) is 6.83. The molecule has 0 unspecified atom stereocenters. The molecule has 1 rings (SSSR count). The summed E-state index contributed by atoms with van der Waals surface area (Å²) in [6, 6.07) is 0.197. The fraction of sp³-hybridized carbons (Fsp3) is 0.733. The zero-order valence-corrected chi connectivity index (χ0v) is 12.2. The number of ketones is 1. The number of hydrogen-bond acceptors (Lipinski definition) is 3. The van der Waals surface area contributed by atoms with Gasteiger partial charge in [0.25, 0.3) is 0 Å². The second kappa shape index (κ2) is 5.68. The number of aliphatic hydroxyl groups is 1. The molecule has 18 heavy (non-hydrogen) atoms. The Bertz CT molecular complexity index is 391. The van der Waals surface area contributed by atoms with Gasteiger partial charge in [0.2, 0.25) is 0 Å². The molecule has 1 N–H and O–H groups in total. The molecule has 0 radical (unpaired) electrons. The molecule has 0 saturated carbocycles. The molecule has 1 aliphatic rings. The van der Waals surface area contributed by atoms with Gasteiger partial charge in [-0.05, 0) is 25.2 Å². The van der Waals surface area contributed by atoms with E-state index in [0.717, 1.165) is 12.1 Å². The predicted octanol–water partition coefficient (Wildman–Crippen LogP) is 3.84. The monoisotopic (exact) mass is 251 g/mol. The van der Waals surface area contributed by atoms with Gasteiger partial charge in [-0.15, -0.1) is 0 Å². The number of aliphatic hydroxyl groups excluding tert-OH is 1. The van der Waals surface area contributed by atoms with Gasteiger partial charge in [0.1, 0.15) is 5.76 Å². The number of Topliss-reactive ketones (excluding diaryl/α,β-unsaturated/α-hetero) is 1. The van der Waals surface area contributed by atoms with E-state index in [1.165, 1.54) is 0 Å². The topological polar surface area (TPSA) is 49.7 Å². The lowest BCUT2D eigenvalue weighted by Crippen LogP contribution is -2.29. The zero-order valence-electron chi connectivity index (χ0n) is 12.2. The van der Waals surface area contributed by atoms with Crippen LogP contribution in [0.15, 0.2) is 16.3 Å². The first kappa shape index (κ1) is 14.9. The first-order chi connectivity index (χ1) is 8.30. The molecule has 3 nitrogen and oxygen atoms in total. The highest BCUT2D eigenvalue weighted by Gasteiger charge is 2.34. The van der Waals surface area contributed by atoms with Crippen LogP contribution in [-0.4, -0.2) is 22.6 Å². The molecule has 0 bridgehead atoms. The number of rotatable bonds is 4. The number of hydrogen-bond donors (Lipinski definition) is 1. The molecule has 3 heteroatoms. The Morgan fingerprint density at radius 3 is 2.44 bits per heavy atom. The van der Waals surface area contributed by atoms with Crippen molar-refractivity contribution >= 4 is 11.5 Å². The van der Waals surface area contributed by atoms with Crippen molar-refractivity contribution in [1.29, 1.82) is 0 Å². The fourth-order valence-electron chi connectivity index (χ4n) is 2.31. The van der Waals surface area contributed by atoms with E-state index in [-0.39, 0.29) is 23.0 Å². The number of carbonyl (C=O) groups is 1. The van der Waals surface area contributed by atoms with Gasteiger partial charge in [-0.2, -0.15) is 0 Å². The van der Waals surface area contributed by atoms with Crippen LogP contribution in [0.4, 0.5) is 0 Å². The molecule has 0 aromatic rings. The predicted molar refractivity (Wildman–Crippen MR) is 75.2 cm³/mol. The number of nitrogens with zero attached hydrogens (tertiary/aromatic N) is 1. The molecule has 1 aliphatic carbocycles. The molecular weight excluding hydrogens is 226 g/mol. The van der Waals surface area contributed by atoms with E-state index < -0.39 is 0 Å². The summed E-state index contributed by atoms with van der Waals surface area (Å²) in [5.74, 6) is 0.257. The third kappa shape index (κ3) is 3.44. The summed E-state index contributed by atoms with van der Waals surface area (Å²) in [4.78, 5) is 16.8. The summed E-state index contributed by atoms with van der Waals surface area (Å²) in [7, 11) is 0.